The van der Waals surface area contributed by atoms with Gasteiger partial charge in [0.15, 0.2) is 0 Å². The van der Waals surface area contributed by atoms with Crippen LogP contribution in [-0.2, 0) is 4.79 Å². The van der Waals surface area contributed by atoms with Crippen LogP contribution in [0.2, 0.25) is 0 Å². The van der Waals surface area contributed by atoms with E-state index in [1.165, 1.54) is 5.57 Å². The average molecular weight is 449 g/mol. The van der Waals surface area contributed by atoms with Crippen molar-refractivity contribution in [2.45, 2.75) is 104 Å². The number of carbonyl (C=O) groups is 1. The van der Waals surface area contributed by atoms with Crippen molar-refractivity contribution in [1.82, 2.24) is 0 Å². The first-order chi connectivity index (χ1) is 15.0. The molecule has 0 spiro atoms. The fraction of sp³-hybridized carbons (Fsp3) is 0.889. The van der Waals surface area contributed by atoms with Crippen molar-refractivity contribution in [3.8, 4) is 0 Å². The van der Waals surface area contributed by atoms with Crippen molar-refractivity contribution in [2.75, 3.05) is 0 Å². The number of fused-ring (bicyclic) bond motifs is 5. The van der Waals surface area contributed by atoms with Crippen molar-refractivity contribution >= 4 is 5.97 Å². The Kier molecular flexibility index (Phi) is 6.59. The summed E-state index contributed by atoms with van der Waals surface area (Å²) in [6, 6.07) is 0. The van der Waals surface area contributed by atoms with E-state index in [1.807, 2.05) is 0 Å². The fourth-order valence-electron chi connectivity index (χ4n) is 8.63. The van der Waals surface area contributed by atoms with E-state index < -0.39 is 12.1 Å². The van der Waals surface area contributed by atoms with Crippen LogP contribution in [0.3, 0.4) is 0 Å². The zero-order chi connectivity index (χ0) is 23.4. The van der Waals surface area contributed by atoms with Crippen molar-refractivity contribution in [3.05, 3.63) is 11.6 Å². The third-order valence-electron chi connectivity index (χ3n) is 10.7. The van der Waals surface area contributed by atoms with Gasteiger partial charge in [0.05, 0.1) is 24.2 Å². The molecule has 5 heteroatoms. The summed E-state index contributed by atoms with van der Waals surface area (Å²) in [6.45, 7) is 8.64. The number of aliphatic carboxylic acids is 1. The van der Waals surface area contributed by atoms with Gasteiger partial charge in [0, 0.05) is 0 Å². The van der Waals surface area contributed by atoms with Crippen molar-refractivity contribution < 1.29 is 25.2 Å². The second-order valence-corrected chi connectivity index (χ2v) is 12.2. The van der Waals surface area contributed by atoms with E-state index in [9.17, 15) is 20.1 Å². The Morgan fingerprint density at radius 3 is 2.50 bits per heavy atom. The molecule has 5 nitrogen and oxygen atoms in total. The molecule has 0 amide bonds. The standard InChI is InChI=1S/C27H44O5/c1-15(6-5-7-16(2)25(31)32)19-8-9-20-24-21(14-23(30)27(19,20)4)26(3)11-10-18(28)12-17(26)13-22(24)29/h13,15-16,18-24,28-30H,5-12,14H2,1-4H3,(H,31,32)/t15?,16?,18?,19?,20?,21?,22?,23?,24?,26-,27+/m0/s1. The van der Waals surface area contributed by atoms with Crippen LogP contribution in [-0.4, -0.2) is 44.7 Å². The first-order valence-corrected chi connectivity index (χ1v) is 13.0. The average Bonchev–Trinajstić information content (AvgIpc) is 3.08. The van der Waals surface area contributed by atoms with Gasteiger partial charge >= 0.3 is 5.97 Å². The predicted molar refractivity (Wildman–Crippen MR) is 124 cm³/mol. The fourth-order valence-corrected chi connectivity index (χ4v) is 8.63. The minimum atomic E-state index is -0.721. The van der Waals surface area contributed by atoms with Gasteiger partial charge in [0.1, 0.15) is 0 Å². The summed E-state index contributed by atoms with van der Waals surface area (Å²) in [5.74, 6) is 0.565. The highest BCUT2D eigenvalue weighted by atomic mass is 16.4. The van der Waals surface area contributed by atoms with Crippen LogP contribution >= 0.6 is 0 Å². The molecule has 4 aliphatic rings. The van der Waals surface area contributed by atoms with E-state index in [0.29, 0.717) is 30.6 Å². The van der Waals surface area contributed by atoms with Gasteiger partial charge in [-0.1, -0.05) is 52.2 Å². The highest BCUT2D eigenvalue weighted by Gasteiger charge is 2.64. The lowest BCUT2D eigenvalue weighted by atomic mass is 9.45. The molecular formula is C27H44O5. The quantitative estimate of drug-likeness (QED) is 0.452. The zero-order valence-corrected chi connectivity index (χ0v) is 20.3. The molecule has 0 aliphatic heterocycles. The molecule has 4 aliphatic carbocycles. The maximum absolute atomic E-state index is 11.6. The summed E-state index contributed by atoms with van der Waals surface area (Å²) < 4.78 is 0. The minimum absolute atomic E-state index is 0.0257. The van der Waals surface area contributed by atoms with Gasteiger partial charge in [-0.3, -0.25) is 4.79 Å². The highest BCUT2D eigenvalue weighted by molar-refractivity contribution is 5.69. The van der Waals surface area contributed by atoms with E-state index in [4.69, 9.17) is 5.11 Å². The lowest BCUT2D eigenvalue weighted by Crippen LogP contribution is -2.59. The van der Waals surface area contributed by atoms with Crippen molar-refractivity contribution in [1.29, 1.82) is 0 Å². The Bertz CT molecular complexity index is 748. The van der Waals surface area contributed by atoms with Crippen LogP contribution in [0.1, 0.15) is 85.5 Å². The van der Waals surface area contributed by atoms with Crippen LogP contribution in [0.25, 0.3) is 0 Å². The molecule has 0 aromatic carbocycles. The van der Waals surface area contributed by atoms with Crippen LogP contribution in [0, 0.1) is 46.3 Å². The number of hydrogen-bond donors (Lipinski definition) is 4. The summed E-state index contributed by atoms with van der Waals surface area (Å²) in [5, 5.41) is 42.3. The largest absolute Gasteiger partial charge is 0.481 e. The molecule has 4 N–H and O–H groups in total. The molecule has 11 atom stereocenters. The van der Waals surface area contributed by atoms with Gasteiger partial charge in [-0.25, -0.2) is 0 Å². The predicted octanol–water partition coefficient (Wildman–Crippen LogP) is 4.40. The smallest absolute Gasteiger partial charge is 0.306 e. The van der Waals surface area contributed by atoms with Crippen LogP contribution in [0.5, 0.6) is 0 Å². The zero-order valence-electron chi connectivity index (χ0n) is 20.3. The molecule has 0 heterocycles. The number of aliphatic hydroxyl groups is 3. The summed E-state index contributed by atoms with van der Waals surface area (Å²) in [6.07, 6.45) is 8.75. The van der Waals surface area contributed by atoms with Gasteiger partial charge < -0.3 is 20.4 Å². The summed E-state index contributed by atoms with van der Waals surface area (Å²) in [5.41, 5.74) is 0.981. The number of hydrogen-bond acceptors (Lipinski definition) is 4. The lowest BCUT2D eigenvalue weighted by molar-refractivity contribution is -0.158. The number of carboxylic acid groups (broad SMARTS) is 1. The molecular weight excluding hydrogens is 404 g/mol. The molecule has 0 saturated heterocycles. The van der Waals surface area contributed by atoms with Gasteiger partial charge in [0.25, 0.3) is 0 Å². The van der Waals surface area contributed by atoms with Crippen molar-refractivity contribution in [3.63, 3.8) is 0 Å². The first kappa shape index (κ1) is 24.2. The normalized spacial score (nSPS) is 47.6. The van der Waals surface area contributed by atoms with E-state index in [1.54, 1.807) is 6.92 Å². The van der Waals surface area contributed by atoms with Gasteiger partial charge in [-0.2, -0.15) is 0 Å². The maximum Gasteiger partial charge on any atom is 0.306 e. The monoisotopic (exact) mass is 448 g/mol. The van der Waals surface area contributed by atoms with E-state index in [2.05, 4.69) is 26.8 Å². The Morgan fingerprint density at radius 2 is 1.81 bits per heavy atom. The van der Waals surface area contributed by atoms with Gasteiger partial charge in [0.2, 0.25) is 0 Å². The summed E-state index contributed by atoms with van der Waals surface area (Å²) in [4.78, 5) is 11.1. The van der Waals surface area contributed by atoms with Crippen LogP contribution < -0.4 is 0 Å². The molecule has 32 heavy (non-hydrogen) atoms. The number of rotatable bonds is 6. The lowest BCUT2D eigenvalue weighted by Gasteiger charge is -2.61. The minimum Gasteiger partial charge on any atom is -0.481 e. The summed E-state index contributed by atoms with van der Waals surface area (Å²) in [7, 11) is 0. The van der Waals surface area contributed by atoms with Crippen LogP contribution in [0.4, 0.5) is 0 Å². The molecule has 0 aromatic heterocycles. The SMILES string of the molecule is CC(CCCC(C)C1CCC2C3C(O)C=C4CC(O)CC[C@]4(C)C3CC(O)[C@]12C)C(=O)O. The van der Waals surface area contributed by atoms with E-state index in [0.717, 1.165) is 44.9 Å². The molecule has 0 bridgehead atoms. The molecule has 0 aromatic rings. The Hall–Kier alpha value is -0.910. The summed E-state index contributed by atoms with van der Waals surface area (Å²) >= 11 is 0. The molecule has 3 fully saturated rings. The topological polar surface area (TPSA) is 98.0 Å². The molecule has 9 unspecified atom stereocenters. The third kappa shape index (κ3) is 3.76. The molecule has 3 saturated carbocycles. The third-order valence-corrected chi connectivity index (χ3v) is 10.7. The van der Waals surface area contributed by atoms with Gasteiger partial charge in [-0.05, 0) is 85.4 Å². The van der Waals surface area contributed by atoms with Crippen LogP contribution in [0.15, 0.2) is 11.6 Å². The highest BCUT2D eigenvalue weighted by Crippen LogP contribution is 2.67. The van der Waals surface area contributed by atoms with Crippen molar-refractivity contribution in [2.24, 2.45) is 46.3 Å². The molecule has 0 radical (unpaired) electrons. The molecule has 4 rings (SSSR count). The van der Waals surface area contributed by atoms with Gasteiger partial charge in [-0.15, -0.1) is 0 Å². The Labute approximate surface area is 193 Å². The first-order valence-electron chi connectivity index (χ1n) is 13.0. The van der Waals surface area contributed by atoms with E-state index in [-0.39, 0.29) is 40.8 Å². The second kappa shape index (κ2) is 8.70. The Balaban J connectivity index is 1.53. The Morgan fingerprint density at radius 1 is 1.09 bits per heavy atom. The van der Waals surface area contributed by atoms with E-state index >= 15 is 0 Å². The molecule has 182 valence electrons. The number of carboxylic acids is 1. The second-order valence-electron chi connectivity index (χ2n) is 12.2. The number of aliphatic hydroxyl groups excluding tert-OH is 3. The maximum atomic E-state index is 11.6.